The monoisotopic (exact) mass is 432 g/mol. The van der Waals surface area contributed by atoms with Gasteiger partial charge in [-0.25, -0.2) is 13.4 Å². The number of pyridine rings is 1. The SMILES string of the molecule is O=C(NCCc1cn2ccccc2n1)c1ccc(Cl)c(S(=O)(=O)N2CCCC2)c1. The highest BCUT2D eigenvalue weighted by atomic mass is 35.5. The van der Waals surface area contributed by atoms with Crippen LogP contribution in [0.5, 0.6) is 0 Å². The van der Waals surface area contributed by atoms with Crippen LogP contribution in [-0.2, 0) is 16.4 Å². The first kappa shape index (κ1) is 19.9. The third kappa shape index (κ3) is 4.14. The zero-order valence-corrected chi connectivity index (χ0v) is 17.3. The highest BCUT2D eigenvalue weighted by Gasteiger charge is 2.29. The fourth-order valence-electron chi connectivity index (χ4n) is 3.42. The van der Waals surface area contributed by atoms with Gasteiger partial charge in [-0.15, -0.1) is 0 Å². The van der Waals surface area contributed by atoms with E-state index in [0.29, 0.717) is 26.1 Å². The van der Waals surface area contributed by atoms with Crippen molar-refractivity contribution in [2.24, 2.45) is 0 Å². The van der Waals surface area contributed by atoms with Crippen LogP contribution in [0.25, 0.3) is 5.65 Å². The average molecular weight is 433 g/mol. The van der Waals surface area contributed by atoms with Gasteiger partial charge < -0.3 is 9.72 Å². The quantitative estimate of drug-likeness (QED) is 0.649. The lowest BCUT2D eigenvalue weighted by atomic mass is 10.2. The van der Waals surface area contributed by atoms with Gasteiger partial charge in [-0.2, -0.15) is 4.31 Å². The van der Waals surface area contributed by atoms with E-state index in [9.17, 15) is 13.2 Å². The average Bonchev–Trinajstić information content (AvgIpc) is 3.38. The second kappa shape index (κ2) is 8.14. The Morgan fingerprint density at radius 1 is 1.17 bits per heavy atom. The summed E-state index contributed by atoms with van der Waals surface area (Å²) in [5.74, 6) is -0.344. The Morgan fingerprint density at radius 3 is 2.72 bits per heavy atom. The molecule has 1 amide bonds. The van der Waals surface area contributed by atoms with Gasteiger partial charge in [0, 0.05) is 44.0 Å². The van der Waals surface area contributed by atoms with E-state index in [2.05, 4.69) is 10.3 Å². The molecule has 1 aliphatic rings. The Hall–Kier alpha value is -2.42. The van der Waals surface area contributed by atoms with Crippen molar-refractivity contribution in [3.8, 4) is 0 Å². The molecule has 3 heterocycles. The molecule has 152 valence electrons. The maximum Gasteiger partial charge on any atom is 0.251 e. The Morgan fingerprint density at radius 2 is 1.97 bits per heavy atom. The van der Waals surface area contributed by atoms with E-state index < -0.39 is 10.0 Å². The summed E-state index contributed by atoms with van der Waals surface area (Å²) in [7, 11) is -3.70. The van der Waals surface area contributed by atoms with E-state index in [4.69, 9.17) is 11.6 Å². The lowest BCUT2D eigenvalue weighted by Crippen LogP contribution is -2.29. The standard InChI is InChI=1S/C20H21ClN4O3S/c21-17-7-6-15(13-18(17)29(27,28)25-11-3-4-12-25)20(26)22-9-8-16-14-24-10-2-1-5-19(24)23-16/h1-2,5-7,10,13-14H,3-4,8-9,11-12H2,(H,22,26). The summed E-state index contributed by atoms with van der Waals surface area (Å²) < 4.78 is 29.0. The number of hydrogen-bond donors (Lipinski definition) is 1. The molecular formula is C20H21ClN4O3S. The highest BCUT2D eigenvalue weighted by Crippen LogP contribution is 2.28. The fourth-order valence-corrected chi connectivity index (χ4v) is 5.44. The zero-order valence-electron chi connectivity index (χ0n) is 15.7. The minimum absolute atomic E-state index is 0.0194. The van der Waals surface area contributed by atoms with Crippen LogP contribution in [0.2, 0.25) is 5.02 Å². The van der Waals surface area contributed by atoms with Crippen LogP contribution in [0, 0.1) is 0 Å². The molecule has 4 rings (SSSR count). The largest absolute Gasteiger partial charge is 0.352 e. The number of fused-ring (bicyclic) bond motifs is 1. The van der Waals surface area contributed by atoms with E-state index in [1.165, 1.54) is 22.5 Å². The summed E-state index contributed by atoms with van der Waals surface area (Å²) in [6.07, 6.45) is 6.07. The Labute approximate surface area is 174 Å². The number of halogens is 1. The predicted octanol–water partition coefficient (Wildman–Crippen LogP) is 2.74. The van der Waals surface area contributed by atoms with Crippen molar-refractivity contribution in [3.63, 3.8) is 0 Å². The summed E-state index contributed by atoms with van der Waals surface area (Å²) in [6.45, 7) is 1.35. The molecule has 1 saturated heterocycles. The summed E-state index contributed by atoms with van der Waals surface area (Å²) in [5, 5.41) is 2.94. The van der Waals surface area contributed by atoms with E-state index in [1.54, 1.807) is 0 Å². The first-order valence-corrected chi connectivity index (χ1v) is 11.3. The molecule has 0 bridgehead atoms. The molecule has 2 aromatic heterocycles. The van der Waals surface area contributed by atoms with Crippen LogP contribution < -0.4 is 5.32 Å². The van der Waals surface area contributed by atoms with Crippen LogP contribution in [0.3, 0.4) is 0 Å². The first-order chi connectivity index (χ1) is 13.9. The molecule has 1 fully saturated rings. The van der Waals surface area contributed by atoms with Crippen LogP contribution >= 0.6 is 11.6 Å². The molecule has 0 saturated carbocycles. The number of amides is 1. The number of rotatable bonds is 6. The Bertz CT molecular complexity index is 1120. The number of hydrogen-bond acceptors (Lipinski definition) is 4. The van der Waals surface area contributed by atoms with E-state index in [-0.39, 0.29) is 21.4 Å². The molecule has 1 aliphatic heterocycles. The normalized spacial score (nSPS) is 15.1. The minimum Gasteiger partial charge on any atom is -0.352 e. The number of carbonyl (C=O) groups is 1. The van der Waals surface area contributed by atoms with Crippen LogP contribution in [0.1, 0.15) is 28.9 Å². The molecule has 7 nitrogen and oxygen atoms in total. The molecule has 0 spiro atoms. The maximum absolute atomic E-state index is 12.8. The number of sulfonamides is 1. The molecule has 29 heavy (non-hydrogen) atoms. The fraction of sp³-hybridized carbons (Fsp3) is 0.300. The maximum atomic E-state index is 12.8. The molecule has 0 radical (unpaired) electrons. The number of nitrogens with one attached hydrogen (secondary N) is 1. The second-order valence-electron chi connectivity index (χ2n) is 6.96. The molecule has 0 aliphatic carbocycles. The third-order valence-electron chi connectivity index (χ3n) is 4.96. The summed E-state index contributed by atoms with van der Waals surface area (Å²) in [5.41, 5.74) is 1.98. The van der Waals surface area contributed by atoms with Gasteiger partial charge in [-0.3, -0.25) is 4.79 Å². The number of benzene rings is 1. The van der Waals surface area contributed by atoms with Crippen molar-refractivity contribution >= 4 is 33.2 Å². The summed E-state index contributed by atoms with van der Waals surface area (Å²) >= 11 is 6.14. The second-order valence-corrected chi connectivity index (χ2v) is 9.27. The molecule has 0 unspecified atom stereocenters. The van der Waals surface area contributed by atoms with Crippen molar-refractivity contribution in [1.82, 2.24) is 19.0 Å². The molecule has 1 aromatic carbocycles. The number of nitrogens with zero attached hydrogens (tertiary/aromatic N) is 3. The van der Waals surface area contributed by atoms with Gasteiger partial charge in [0.1, 0.15) is 10.5 Å². The van der Waals surface area contributed by atoms with E-state index in [0.717, 1.165) is 24.2 Å². The van der Waals surface area contributed by atoms with Crippen LogP contribution in [0.4, 0.5) is 0 Å². The zero-order chi connectivity index (χ0) is 20.4. The smallest absolute Gasteiger partial charge is 0.251 e. The van der Waals surface area contributed by atoms with Gasteiger partial charge in [0.05, 0.1) is 10.7 Å². The summed E-state index contributed by atoms with van der Waals surface area (Å²) in [4.78, 5) is 17.0. The first-order valence-electron chi connectivity index (χ1n) is 9.46. The lowest BCUT2D eigenvalue weighted by Gasteiger charge is -2.17. The molecule has 0 atom stereocenters. The molecular weight excluding hydrogens is 412 g/mol. The van der Waals surface area contributed by atoms with Gasteiger partial charge >= 0.3 is 0 Å². The van der Waals surface area contributed by atoms with Crippen molar-refractivity contribution < 1.29 is 13.2 Å². The van der Waals surface area contributed by atoms with Crippen molar-refractivity contribution in [2.45, 2.75) is 24.2 Å². The Balaban J connectivity index is 1.44. The molecule has 1 N–H and O–H groups in total. The Kier molecular flexibility index (Phi) is 5.58. The van der Waals surface area contributed by atoms with E-state index in [1.807, 2.05) is 35.0 Å². The molecule has 3 aromatic rings. The highest BCUT2D eigenvalue weighted by molar-refractivity contribution is 7.89. The van der Waals surface area contributed by atoms with Crippen molar-refractivity contribution in [1.29, 1.82) is 0 Å². The van der Waals surface area contributed by atoms with Gasteiger partial charge in [-0.05, 0) is 43.2 Å². The van der Waals surface area contributed by atoms with Gasteiger partial charge in [-0.1, -0.05) is 17.7 Å². The minimum atomic E-state index is -3.70. The van der Waals surface area contributed by atoms with E-state index >= 15 is 0 Å². The van der Waals surface area contributed by atoms with Gasteiger partial charge in [0.15, 0.2) is 0 Å². The van der Waals surface area contributed by atoms with Gasteiger partial charge in [0.2, 0.25) is 10.0 Å². The number of aromatic nitrogens is 2. The predicted molar refractivity (Wildman–Crippen MR) is 111 cm³/mol. The van der Waals surface area contributed by atoms with Gasteiger partial charge in [0.25, 0.3) is 5.91 Å². The topological polar surface area (TPSA) is 83.8 Å². The number of carbonyl (C=O) groups excluding carboxylic acids is 1. The van der Waals surface area contributed by atoms with Crippen molar-refractivity contribution in [2.75, 3.05) is 19.6 Å². The van der Waals surface area contributed by atoms with Crippen LogP contribution in [0.15, 0.2) is 53.7 Å². The summed E-state index contributed by atoms with van der Waals surface area (Å²) in [6, 6.07) is 10.1. The third-order valence-corrected chi connectivity index (χ3v) is 7.34. The lowest BCUT2D eigenvalue weighted by molar-refractivity contribution is 0.0954. The molecule has 9 heteroatoms. The number of imidazole rings is 1. The van der Waals surface area contributed by atoms with Crippen molar-refractivity contribution in [3.05, 3.63) is 65.1 Å². The van der Waals surface area contributed by atoms with Crippen LogP contribution in [-0.4, -0.2) is 47.6 Å².